The molecule has 2 aromatic carbocycles. The second-order valence-corrected chi connectivity index (χ2v) is 9.66. The second-order valence-electron chi connectivity index (χ2n) is 9.66. The van der Waals surface area contributed by atoms with Crippen LogP contribution in [-0.4, -0.2) is 40.0 Å². The van der Waals surface area contributed by atoms with Crippen LogP contribution >= 0.6 is 0 Å². The van der Waals surface area contributed by atoms with Crippen LogP contribution in [0.4, 0.5) is 0 Å². The Morgan fingerprint density at radius 2 is 1.87 bits per heavy atom. The maximum Gasteiger partial charge on any atom is 0.331 e. The minimum absolute atomic E-state index is 0.330. The Labute approximate surface area is 223 Å². The standard InChI is InChI=1S/C31H34N2O5/c1-6-7-8-9-27(34)33-14-12-23-10-11-24(18-25(23)29(33)31(35)36)37-15-13-26-22(5)38-30(32-26)28-20(3)16-19(2)17-21(28)4/h6-11,16-18,29H,12-15H2,1-5H3,(H,35,36). The SMILES string of the molecule is CC=CC=CC(=O)N1CCc2ccc(OCCc3nc(-c4c(C)cc(C)cc4C)oc3C)cc2C1C(=O)O. The summed E-state index contributed by atoms with van der Waals surface area (Å²) in [5.41, 5.74) is 6.78. The molecule has 0 spiro atoms. The van der Waals surface area contributed by atoms with Gasteiger partial charge in [-0.05, 0) is 75.4 Å². The zero-order valence-electron chi connectivity index (χ0n) is 22.6. The van der Waals surface area contributed by atoms with Gasteiger partial charge >= 0.3 is 5.97 Å². The Hall–Kier alpha value is -4.13. The van der Waals surface area contributed by atoms with Crippen molar-refractivity contribution in [3.8, 4) is 17.2 Å². The molecule has 2 heterocycles. The summed E-state index contributed by atoms with van der Waals surface area (Å²) < 4.78 is 12.0. The lowest BCUT2D eigenvalue weighted by molar-refractivity contribution is -0.149. The molecule has 0 aliphatic carbocycles. The number of amides is 1. The molecule has 0 bridgehead atoms. The summed E-state index contributed by atoms with van der Waals surface area (Å²) in [4.78, 5) is 31.0. The molecule has 3 aromatic rings. The Morgan fingerprint density at radius 3 is 2.55 bits per heavy atom. The van der Waals surface area contributed by atoms with Gasteiger partial charge in [-0.2, -0.15) is 0 Å². The van der Waals surface area contributed by atoms with Gasteiger partial charge in [0.1, 0.15) is 11.5 Å². The number of aromatic nitrogens is 1. The van der Waals surface area contributed by atoms with Crippen molar-refractivity contribution in [1.29, 1.82) is 0 Å². The van der Waals surface area contributed by atoms with E-state index in [9.17, 15) is 14.7 Å². The highest BCUT2D eigenvalue weighted by Crippen LogP contribution is 2.33. The van der Waals surface area contributed by atoms with Gasteiger partial charge in [-0.15, -0.1) is 0 Å². The van der Waals surface area contributed by atoms with Crippen LogP contribution in [0.25, 0.3) is 11.5 Å². The van der Waals surface area contributed by atoms with Gasteiger partial charge in [0.25, 0.3) is 0 Å². The zero-order chi connectivity index (χ0) is 27.4. The first-order valence-corrected chi connectivity index (χ1v) is 12.8. The predicted molar refractivity (Wildman–Crippen MR) is 146 cm³/mol. The highest BCUT2D eigenvalue weighted by atomic mass is 16.5. The highest BCUT2D eigenvalue weighted by Gasteiger charge is 2.35. The quantitative estimate of drug-likeness (QED) is 0.300. The van der Waals surface area contributed by atoms with Gasteiger partial charge in [0.15, 0.2) is 6.04 Å². The maximum absolute atomic E-state index is 12.7. The molecule has 0 saturated carbocycles. The molecule has 1 aromatic heterocycles. The lowest BCUT2D eigenvalue weighted by atomic mass is 9.92. The Bertz CT molecular complexity index is 1390. The Balaban J connectivity index is 1.48. The van der Waals surface area contributed by atoms with Gasteiger partial charge in [0.2, 0.25) is 11.8 Å². The fourth-order valence-corrected chi connectivity index (χ4v) is 5.08. The number of fused-ring (bicyclic) bond motifs is 1. The van der Waals surface area contributed by atoms with Crippen LogP contribution in [0, 0.1) is 27.7 Å². The van der Waals surface area contributed by atoms with Crippen LogP contribution in [0.3, 0.4) is 0 Å². The van der Waals surface area contributed by atoms with Gasteiger partial charge in [0.05, 0.1) is 12.3 Å². The van der Waals surface area contributed by atoms with Gasteiger partial charge in [-0.25, -0.2) is 9.78 Å². The number of hydrogen-bond acceptors (Lipinski definition) is 5. The third-order valence-corrected chi connectivity index (χ3v) is 6.80. The number of carboxylic acid groups (broad SMARTS) is 1. The summed E-state index contributed by atoms with van der Waals surface area (Å²) in [5, 5.41) is 9.98. The van der Waals surface area contributed by atoms with E-state index in [0.29, 0.717) is 43.2 Å². The largest absolute Gasteiger partial charge is 0.493 e. The van der Waals surface area contributed by atoms with E-state index in [1.165, 1.54) is 16.5 Å². The summed E-state index contributed by atoms with van der Waals surface area (Å²) in [5.74, 6) is 0.519. The van der Waals surface area contributed by atoms with E-state index in [4.69, 9.17) is 14.1 Å². The van der Waals surface area contributed by atoms with Crippen LogP contribution in [0.15, 0.2) is 59.1 Å². The number of rotatable bonds is 8. The lowest BCUT2D eigenvalue weighted by Crippen LogP contribution is -2.42. The second kappa shape index (κ2) is 11.5. The molecule has 1 unspecified atom stereocenters. The van der Waals surface area contributed by atoms with Crippen molar-refractivity contribution in [3.63, 3.8) is 0 Å². The number of allylic oxidation sites excluding steroid dienone is 3. The number of nitrogens with zero attached hydrogens (tertiary/aromatic N) is 2. The van der Waals surface area contributed by atoms with Crippen LogP contribution in [0.5, 0.6) is 5.75 Å². The molecule has 7 nitrogen and oxygen atoms in total. The molecular weight excluding hydrogens is 480 g/mol. The number of carbonyl (C=O) groups excluding carboxylic acids is 1. The average Bonchev–Trinajstić information content (AvgIpc) is 3.22. The predicted octanol–water partition coefficient (Wildman–Crippen LogP) is 5.84. The number of aryl methyl sites for hydroxylation is 4. The number of aliphatic carboxylic acids is 1. The molecule has 4 rings (SSSR count). The summed E-state index contributed by atoms with van der Waals surface area (Å²) in [6.45, 7) is 10.6. The molecule has 1 aliphatic rings. The Kier molecular flexibility index (Phi) is 8.15. The van der Waals surface area contributed by atoms with Gasteiger partial charge in [0, 0.05) is 24.6 Å². The summed E-state index contributed by atoms with van der Waals surface area (Å²) in [7, 11) is 0. The first-order valence-electron chi connectivity index (χ1n) is 12.8. The number of oxazole rings is 1. The van der Waals surface area contributed by atoms with E-state index in [1.54, 1.807) is 24.3 Å². The zero-order valence-corrected chi connectivity index (χ0v) is 22.6. The number of ether oxygens (including phenoxy) is 1. The van der Waals surface area contributed by atoms with Crippen LogP contribution in [-0.2, 0) is 22.4 Å². The van der Waals surface area contributed by atoms with Crippen molar-refractivity contribution < 1.29 is 23.8 Å². The van der Waals surface area contributed by atoms with Gasteiger partial charge in [-0.1, -0.05) is 42.0 Å². The van der Waals surface area contributed by atoms with Crippen molar-refractivity contribution in [2.24, 2.45) is 0 Å². The molecule has 0 radical (unpaired) electrons. The van der Waals surface area contributed by atoms with Crippen LogP contribution in [0.1, 0.15) is 52.2 Å². The van der Waals surface area contributed by atoms with Crippen molar-refractivity contribution >= 4 is 11.9 Å². The van der Waals surface area contributed by atoms with E-state index in [-0.39, 0.29) is 5.91 Å². The van der Waals surface area contributed by atoms with Crippen LogP contribution < -0.4 is 4.74 Å². The molecule has 0 saturated heterocycles. The topological polar surface area (TPSA) is 92.9 Å². The number of benzene rings is 2. The number of hydrogen-bond donors (Lipinski definition) is 1. The molecule has 1 N–H and O–H groups in total. The minimum Gasteiger partial charge on any atom is -0.493 e. The molecular formula is C31H34N2O5. The van der Waals surface area contributed by atoms with Crippen molar-refractivity contribution in [3.05, 3.63) is 93.9 Å². The van der Waals surface area contributed by atoms with Gasteiger partial charge in [-0.3, -0.25) is 4.79 Å². The van der Waals surface area contributed by atoms with Crippen molar-refractivity contribution in [1.82, 2.24) is 9.88 Å². The smallest absolute Gasteiger partial charge is 0.331 e. The third kappa shape index (κ3) is 5.72. The molecule has 1 atom stereocenters. The first kappa shape index (κ1) is 26.9. The normalized spacial score (nSPS) is 15.3. The average molecular weight is 515 g/mol. The van der Waals surface area contributed by atoms with Crippen molar-refractivity contribution in [2.75, 3.05) is 13.2 Å². The highest BCUT2D eigenvalue weighted by molar-refractivity contribution is 5.92. The lowest BCUT2D eigenvalue weighted by Gasteiger charge is -2.34. The number of carbonyl (C=O) groups is 2. The molecule has 198 valence electrons. The molecule has 7 heteroatoms. The fourth-order valence-electron chi connectivity index (χ4n) is 5.08. The molecule has 1 amide bonds. The molecule has 0 fully saturated rings. The monoisotopic (exact) mass is 514 g/mol. The fraction of sp³-hybridized carbons (Fsp3) is 0.323. The van der Waals surface area contributed by atoms with E-state index in [1.807, 2.05) is 26.0 Å². The Morgan fingerprint density at radius 1 is 1.13 bits per heavy atom. The van der Waals surface area contributed by atoms with Crippen molar-refractivity contribution in [2.45, 2.75) is 53.5 Å². The minimum atomic E-state index is -1.07. The third-order valence-electron chi connectivity index (χ3n) is 6.80. The van der Waals surface area contributed by atoms with Gasteiger partial charge < -0.3 is 19.2 Å². The molecule has 38 heavy (non-hydrogen) atoms. The van der Waals surface area contributed by atoms with E-state index < -0.39 is 12.0 Å². The van der Waals surface area contributed by atoms with E-state index in [2.05, 4.69) is 32.9 Å². The molecule has 1 aliphatic heterocycles. The number of carboxylic acids is 1. The van der Waals surface area contributed by atoms with E-state index >= 15 is 0 Å². The summed E-state index contributed by atoms with van der Waals surface area (Å²) >= 11 is 0. The summed E-state index contributed by atoms with van der Waals surface area (Å²) in [6, 6.07) is 8.66. The van der Waals surface area contributed by atoms with E-state index in [0.717, 1.165) is 33.7 Å². The maximum atomic E-state index is 12.7. The first-order chi connectivity index (χ1) is 18.2. The summed E-state index contributed by atoms with van der Waals surface area (Å²) in [6.07, 6.45) is 7.69. The van der Waals surface area contributed by atoms with Crippen LogP contribution in [0.2, 0.25) is 0 Å².